The highest BCUT2D eigenvalue weighted by Crippen LogP contribution is 2.25. The lowest BCUT2D eigenvalue weighted by atomic mass is 9.93. The Bertz CT molecular complexity index is 566. The zero-order chi connectivity index (χ0) is 17.0. The molecule has 0 radical (unpaired) electrons. The first-order valence-electron chi connectivity index (χ1n) is 8.07. The molecule has 0 atom stereocenters. The number of aryl methyl sites for hydroxylation is 3. The number of carbonyl (C=O) groups is 2. The van der Waals surface area contributed by atoms with Crippen LogP contribution >= 0.6 is 0 Å². The molecule has 5 heteroatoms. The van der Waals surface area contributed by atoms with E-state index in [1.807, 2.05) is 32.9 Å². The lowest BCUT2D eigenvalue weighted by molar-refractivity contribution is -0.139. The van der Waals surface area contributed by atoms with Gasteiger partial charge in [-0.15, -0.1) is 0 Å². The molecule has 1 aliphatic rings. The first-order chi connectivity index (χ1) is 10.9. The molecule has 1 saturated heterocycles. The first kappa shape index (κ1) is 17.3. The number of piperidine rings is 1. The molecule has 1 heterocycles. The Hall–Kier alpha value is -2.04. The second-order valence-corrected chi connectivity index (χ2v) is 6.44. The van der Waals surface area contributed by atoms with Crippen LogP contribution in [0.15, 0.2) is 12.1 Å². The maximum atomic E-state index is 12.3. The smallest absolute Gasteiger partial charge is 0.303 e. The Kier molecular flexibility index (Phi) is 5.64. The summed E-state index contributed by atoms with van der Waals surface area (Å²) in [6.07, 6.45) is 1.70. The van der Waals surface area contributed by atoms with E-state index in [1.54, 1.807) is 4.90 Å². The van der Waals surface area contributed by atoms with E-state index in [4.69, 9.17) is 9.84 Å². The van der Waals surface area contributed by atoms with Crippen LogP contribution in [0, 0.1) is 26.7 Å². The second-order valence-electron chi connectivity index (χ2n) is 6.44. The third-order valence-corrected chi connectivity index (χ3v) is 4.38. The van der Waals surface area contributed by atoms with Gasteiger partial charge < -0.3 is 14.7 Å². The highest BCUT2D eigenvalue weighted by Gasteiger charge is 2.24. The van der Waals surface area contributed by atoms with Crippen LogP contribution < -0.4 is 4.74 Å². The number of carbonyl (C=O) groups excluding carboxylic acids is 1. The van der Waals surface area contributed by atoms with Gasteiger partial charge in [0.25, 0.3) is 5.91 Å². The average molecular weight is 319 g/mol. The third kappa shape index (κ3) is 4.71. The van der Waals surface area contributed by atoms with Gasteiger partial charge in [-0.1, -0.05) is 17.7 Å². The Morgan fingerprint density at radius 3 is 2.26 bits per heavy atom. The standard InChI is InChI=1S/C18H25NO4/c1-12-8-13(2)18(14(3)9-12)23-11-16(20)19-6-4-15(5-7-19)10-17(21)22/h8-9,15H,4-7,10-11H2,1-3H3,(H,21,22). The molecule has 0 unspecified atom stereocenters. The van der Waals surface area contributed by atoms with Crippen LogP contribution in [0.1, 0.15) is 36.0 Å². The van der Waals surface area contributed by atoms with Gasteiger partial charge in [0.1, 0.15) is 5.75 Å². The summed E-state index contributed by atoms with van der Waals surface area (Å²) >= 11 is 0. The Balaban J connectivity index is 1.86. The summed E-state index contributed by atoms with van der Waals surface area (Å²) in [5, 5.41) is 8.82. The molecule has 0 saturated carbocycles. The van der Waals surface area contributed by atoms with Gasteiger partial charge in [0, 0.05) is 19.5 Å². The summed E-state index contributed by atoms with van der Waals surface area (Å²) in [5.74, 6) is 0.172. The zero-order valence-corrected chi connectivity index (χ0v) is 14.1. The Labute approximate surface area is 137 Å². The monoisotopic (exact) mass is 319 g/mol. The highest BCUT2D eigenvalue weighted by molar-refractivity contribution is 5.78. The molecule has 1 fully saturated rings. The fraction of sp³-hybridized carbons (Fsp3) is 0.556. The summed E-state index contributed by atoms with van der Waals surface area (Å²) < 4.78 is 5.74. The predicted molar refractivity (Wildman–Crippen MR) is 87.7 cm³/mol. The van der Waals surface area contributed by atoms with Gasteiger partial charge in [-0.2, -0.15) is 0 Å². The molecule has 23 heavy (non-hydrogen) atoms. The van der Waals surface area contributed by atoms with Crippen molar-refractivity contribution in [2.75, 3.05) is 19.7 Å². The number of likely N-dealkylation sites (tertiary alicyclic amines) is 1. The van der Waals surface area contributed by atoms with Crippen molar-refractivity contribution in [2.45, 2.75) is 40.0 Å². The number of amides is 1. The molecule has 126 valence electrons. The predicted octanol–water partition coefficient (Wildman–Crippen LogP) is 2.70. The van der Waals surface area contributed by atoms with E-state index in [1.165, 1.54) is 5.56 Å². The molecule has 1 aromatic carbocycles. The van der Waals surface area contributed by atoms with Crippen molar-refractivity contribution in [1.82, 2.24) is 4.90 Å². The van der Waals surface area contributed by atoms with Crippen molar-refractivity contribution in [3.63, 3.8) is 0 Å². The van der Waals surface area contributed by atoms with Crippen LogP contribution in [0.2, 0.25) is 0 Å². The molecule has 0 bridgehead atoms. The summed E-state index contributed by atoms with van der Waals surface area (Å²) in [7, 11) is 0. The number of hydrogen-bond donors (Lipinski definition) is 1. The zero-order valence-electron chi connectivity index (χ0n) is 14.1. The van der Waals surface area contributed by atoms with E-state index in [0.29, 0.717) is 13.1 Å². The summed E-state index contributed by atoms with van der Waals surface area (Å²) in [6, 6.07) is 4.09. The summed E-state index contributed by atoms with van der Waals surface area (Å²) in [4.78, 5) is 24.8. The number of hydrogen-bond acceptors (Lipinski definition) is 3. The van der Waals surface area contributed by atoms with Gasteiger partial charge in [-0.3, -0.25) is 9.59 Å². The number of carboxylic acids is 1. The quantitative estimate of drug-likeness (QED) is 0.906. The van der Waals surface area contributed by atoms with Crippen molar-refractivity contribution in [3.8, 4) is 5.75 Å². The van der Waals surface area contributed by atoms with Crippen LogP contribution in [-0.4, -0.2) is 41.6 Å². The molecule has 0 aromatic heterocycles. The second kappa shape index (κ2) is 7.49. The summed E-state index contributed by atoms with van der Waals surface area (Å²) in [6.45, 7) is 7.27. The lowest BCUT2D eigenvalue weighted by Crippen LogP contribution is -2.41. The molecule has 1 aromatic rings. The van der Waals surface area contributed by atoms with Crippen LogP contribution in [0.3, 0.4) is 0 Å². The average Bonchev–Trinajstić information content (AvgIpc) is 2.46. The van der Waals surface area contributed by atoms with Gasteiger partial charge >= 0.3 is 5.97 Å². The van der Waals surface area contributed by atoms with E-state index in [-0.39, 0.29) is 24.9 Å². The number of benzene rings is 1. The first-order valence-corrected chi connectivity index (χ1v) is 8.07. The van der Waals surface area contributed by atoms with Gasteiger partial charge in [-0.05, 0) is 50.7 Å². The van der Waals surface area contributed by atoms with Crippen LogP contribution in [0.4, 0.5) is 0 Å². The van der Waals surface area contributed by atoms with Gasteiger partial charge in [0.05, 0.1) is 0 Å². The van der Waals surface area contributed by atoms with Crippen LogP contribution in [0.25, 0.3) is 0 Å². The van der Waals surface area contributed by atoms with Gasteiger partial charge in [-0.25, -0.2) is 0 Å². The summed E-state index contributed by atoms with van der Waals surface area (Å²) in [5.41, 5.74) is 3.25. The fourth-order valence-electron chi connectivity index (χ4n) is 3.25. The molecular weight excluding hydrogens is 294 g/mol. The van der Waals surface area contributed by atoms with Gasteiger partial charge in [0.15, 0.2) is 6.61 Å². The third-order valence-electron chi connectivity index (χ3n) is 4.38. The lowest BCUT2D eigenvalue weighted by Gasteiger charge is -2.31. The van der Waals surface area contributed by atoms with Crippen LogP contribution in [0.5, 0.6) is 5.75 Å². The fourth-order valence-corrected chi connectivity index (χ4v) is 3.25. The minimum Gasteiger partial charge on any atom is -0.483 e. The van der Waals surface area contributed by atoms with E-state index < -0.39 is 5.97 Å². The minimum atomic E-state index is -0.761. The van der Waals surface area contributed by atoms with E-state index in [0.717, 1.165) is 29.7 Å². The molecule has 0 aliphatic carbocycles. The van der Waals surface area contributed by atoms with E-state index in [2.05, 4.69) is 0 Å². The molecule has 2 rings (SSSR count). The van der Waals surface area contributed by atoms with E-state index >= 15 is 0 Å². The van der Waals surface area contributed by atoms with E-state index in [9.17, 15) is 9.59 Å². The number of rotatable bonds is 5. The molecule has 5 nitrogen and oxygen atoms in total. The maximum absolute atomic E-state index is 12.3. The van der Waals surface area contributed by atoms with Crippen molar-refractivity contribution in [3.05, 3.63) is 28.8 Å². The number of carboxylic acid groups (broad SMARTS) is 1. The number of nitrogens with zero attached hydrogens (tertiary/aromatic N) is 1. The molecule has 1 amide bonds. The minimum absolute atomic E-state index is 0.0295. The van der Waals surface area contributed by atoms with Crippen molar-refractivity contribution in [2.24, 2.45) is 5.92 Å². The largest absolute Gasteiger partial charge is 0.483 e. The van der Waals surface area contributed by atoms with Gasteiger partial charge in [0.2, 0.25) is 0 Å². The number of ether oxygens (including phenoxy) is 1. The number of aliphatic carboxylic acids is 1. The van der Waals surface area contributed by atoms with Crippen molar-refractivity contribution in [1.29, 1.82) is 0 Å². The van der Waals surface area contributed by atoms with Crippen molar-refractivity contribution >= 4 is 11.9 Å². The highest BCUT2D eigenvalue weighted by atomic mass is 16.5. The Morgan fingerprint density at radius 1 is 1.17 bits per heavy atom. The molecule has 0 spiro atoms. The maximum Gasteiger partial charge on any atom is 0.303 e. The SMILES string of the molecule is Cc1cc(C)c(OCC(=O)N2CCC(CC(=O)O)CC2)c(C)c1. The normalized spacial score (nSPS) is 15.5. The topological polar surface area (TPSA) is 66.8 Å². The molecule has 1 aliphatic heterocycles. The molecular formula is C18H25NO4. The van der Waals surface area contributed by atoms with Crippen LogP contribution in [-0.2, 0) is 9.59 Å². The van der Waals surface area contributed by atoms with Crippen molar-refractivity contribution < 1.29 is 19.4 Å². The Morgan fingerprint density at radius 2 is 1.74 bits per heavy atom. The molecule has 1 N–H and O–H groups in total.